The molecule has 22 heavy (non-hydrogen) atoms. The third-order valence-corrected chi connectivity index (χ3v) is 4.15. The Morgan fingerprint density at radius 2 is 2.00 bits per heavy atom. The molecule has 2 heterocycles. The van der Waals surface area contributed by atoms with Gasteiger partial charge in [0, 0.05) is 19.3 Å². The first-order chi connectivity index (χ1) is 10.8. The van der Waals surface area contributed by atoms with Crippen molar-refractivity contribution in [1.29, 1.82) is 0 Å². The summed E-state index contributed by atoms with van der Waals surface area (Å²) >= 11 is 0. The molecule has 0 saturated heterocycles. The van der Waals surface area contributed by atoms with Crippen molar-refractivity contribution in [1.82, 2.24) is 15.2 Å². The number of pyridine rings is 1. The standard InChI is InChI=1S/C18H21N3O/c1-2-21(13-16-9-5-6-10-19-16)18(22)17-11-14-7-3-4-8-15(14)12-20-17/h3-10,17,20H,2,11-13H2,1H3. The van der Waals surface area contributed by atoms with E-state index < -0.39 is 0 Å². The van der Waals surface area contributed by atoms with Crippen molar-refractivity contribution in [3.63, 3.8) is 0 Å². The maximum Gasteiger partial charge on any atom is 0.240 e. The second-order valence-corrected chi connectivity index (χ2v) is 5.58. The van der Waals surface area contributed by atoms with E-state index in [1.807, 2.05) is 42.2 Å². The molecular weight excluding hydrogens is 274 g/mol. The van der Waals surface area contributed by atoms with Gasteiger partial charge in [0.25, 0.3) is 0 Å². The molecule has 1 aromatic carbocycles. The van der Waals surface area contributed by atoms with Crippen molar-refractivity contribution in [2.24, 2.45) is 0 Å². The minimum Gasteiger partial charge on any atom is -0.336 e. The van der Waals surface area contributed by atoms with E-state index in [1.165, 1.54) is 11.1 Å². The third kappa shape index (κ3) is 3.17. The fourth-order valence-corrected chi connectivity index (χ4v) is 2.88. The molecule has 1 aromatic heterocycles. The molecule has 114 valence electrons. The number of hydrogen-bond acceptors (Lipinski definition) is 3. The second kappa shape index (κ2) is 6.71. The lowest BCUT2D eigenvalue weighted by Gasteiger charge is -2.30. The van der Waals surface area contributed by atoms with E-state index in [2.05, 4.69) is 22.4 Å². The summed E-state index contributed by atoms with van der Waals surface area (Å²) in [7, 11) is 0. The van der Waals surface area contributed by atoms with Gasteiger partial charge in [0.1, 0.15) is 0 Å². The normalized spacial score (nSPS) is 16.9. The first kappa shape index (κ1) is 14.7. The molecule has 0 saturated carbocycles. The fourth-order valence-electron chi connectivity index (χ4n) is 2.88. The molecule has 1 atom stereocenters. The summed E-state index contributed by atoms with van der Waals surface area (Å²) < 4.78 is 0. The highest BCUT2D eigenvalue weighted by molar-refractivity contribution is 5.82. The Bertz CT molecular complexity index is 638. The molecule has 1 N–H and O–H groups in total. The lowest BCUT2D eigenvalue weighted by atomic mass is 9.95. The monoisotopic (exact) mass is 295 g/mol. The van der Waals surface area contributed by atoms with E-state index >= 15 is 0 Å². The second-order valence-electron chi connectivity index (χ2n) is 5.58. The first-order valence-corrected chi connectivity index (χ1v) is 7.76. The fraction of sp³-hybridized carbons (Fsp3) is 0.333. The van der Waals surface area contributed by atoms with Crippen LogP contribution >= 0.6 is 0 Å². The van der Waals surface area contributed by atoms with Gasteiger partial charge in [0.15, 0.2) is 0 Å². The Labute approximate surface area is 131 Å². The predicted octanol–water partition coefficient (Wildman–Crippen LogP) is 2.14. The minimum absolute atomic E-state index is 0.140. The van der Waals surface area contributed by atoms with Crippen molar-refractivity contribution in [3.05, 3.63) is 65.5 Å². The van der Waals surface area contributed by atoms with Crippen molar-refractivity contribution < 1.29 is 4.79 Å². The van der Waals surface area contributed by atoms with Crippen molar-refractivity contribution in [2.75, 3.05) is 6.54 Å². The molecule has 0 radical (unpaired) electrons. The van der Waals surface area contributed by atoms with Crippen LogP contribution in [0.1, 0.15) is 23.7 Å². The Balaban J connectivity index is 1.70. The Kier molecular flexibility index (Phi) is 4.49. The Morgan fingerprint density at radius 1 is 1.23 bits per heavy atom. The maximum atomic E-state index is 12.8. The number of nitrogens with zero attached hydrogens (tertiary/aromatic N) is 2. The van der Waals surface area contributed by atoms with E-state index in [9.17, 15) is 4.79 Å². The number of benzene rings is 1. The van der Waals surface area contributed by atoms with Crippen LogP contribution in [0.5, 0.6) is 0 Å². The number of nitrogens with one attached hydrogen (secondary N) is 1. The number of hydrogen-bond donors (Lipinski definition) is 1. The molecular formula is C18H21N3O. The van der Waals surface area contributed by atoms with Gasteiger partial charge in [0.05, 0.1) is 18.3 Å². The third-order valence-electron chi connectivity index (χ3n) is 4.15. The van der Waals surface area contributed by atoms with Crippen LogP contribution < -0.4 is 5.32 Å². The van der Waals surface area contributed by atoms with Crippen LogP contribution in [0.2, 0.25) is 0 Å². The minimum atomic E-state index is -0.140. The quantitative estimate of drug-likeness (QED) is 0.940. The molecule has 2 aromatic rings. The van der Waals surface area contributed by atoms with Crippen LogP contribution in [0, 0.1) is 0 Å². The summed E-state index contributed by atoms with van der Waals surface area (Å²) in [5, 5.41) is 3.36. The van der Waals surface area contributed by atoms with Gasteiger partial charge in [-0.25, -0.2) is 0 Å². The number of carbonyl (C=O) groups is 1. The summed E-state index contributed by atoms with van der Waals surface area (Å²) in [6, 6.07) is 14.0. The van der Waals surface area contributed by atoms with Crippen molar-refractivity contribution >= 4 is 5.91 Å². The van der Waals surface area contributed by atoms with E-state index in [-0.39, 0.29) is 11.9 Å². The van der Waals surface area contributed by atoms with Crippen molar-refractivity contribution in [3.8, 4) is 0 Å². The zero-order valence-electron chi connectivity index (χ0n) is 12.8. The van der Waals surface area contributed by atoms with Gasteiger partial charge in [-0.05, 0) is 36.6 Å². The molecule has 0 bridgehead atoms. The molecule has 1 amide bonds. The molecule has 1 aliphatic rings. The summed E-state index contributed by atoms with van der Waals surface area (Å²) in [5.74, 6) is 0.155. The molecule has 0 spiro atoms. The van der Waals surface area contributed by atoms with Crippen LogP contribution in [0.15, 0.2) is 48.7 Å². The largest absolute Gasteiger partial charge is 0.336 e. The van der Waals surface area contributed by atoms with Crippen LogP contribution in [-0.2, 0) is 24.3 Å². The highest BCUT2D eigenvalue weighted by Gasteiger charge is 2.27. The number of likely N-dealkylation sites (N-methyl/N-ethyl adjacent to an activating group) is 1. The molecule has 3 rings (SSSR count). The van der Waals surface area contributed by atoms with Gasteiger partial charge in [-0.2, -0.15) is 0 Å². The topological polar surface area (TPSA) is 45.2 Å². The van der Waals surface area contributed by atoms with E-state index in [0.29, 0.717) is 13.1 Å². The van der Waals surface area contributed by atoms with Gasteiger partial charge in [0.2, 0.25) is 5.91 Å². The lowest BCUT2D eigenvalue weighted by molar-refractivity contribution is -0.134. The number of rotatable bonds is 4. The number of aromatic nitrogens is 1. The van der Waals surface area contributed by atoms with Gasteiger partial charge >= 0.3 is 0 Å². The molecule has 1 unspecified atom stereocenters. The molecule has 0 fully saturated rings. The Hall–Kier alpha value is -2.20. The average molecular weight is 295 g/mol. The Morgan fingerprint density at radius 3 is 2.73 bits per heavy atom. The first-order valence-electron chi connectivity index (χ1n) is 7.76. The van der Waals surface area contributed by atoms with Crippen LogP contribution in [0.4, 0.5) is 0 Å². The summed E-state index contributed by atoms with van der Waals surface area (Å²) in [4.78, 5) is 19.0. The smallest absolute Gasteiger partial charge is 0.240 e. The molecule has 0 aliphatic carbocycles. The zero-order chi connectivity index (χ0) is 15.4. The zero-order valence-corrected chi connectivity index (χ0v) is 12.8. The number of carbonyl (C=O) groups excluding carboxylic acids is 1. The van der Waals surface area contributed by atoms with Crippen molar-refractivity contribution in [2.45, 2.75) is 32.5 Å². The summed E-state index contributed by atoms with van der Waals surface area (Å²) in [5.41, 5.74) is 3.49. The lowest BCUT2D eigenvalue weighted by Crippen LogP contribution is -2.49. The van der Waals surface area contributed by atoms with E-state index in [0.717, 1.165) is 18.7 Å². The highest BCUT2D eigenvalue weighted by Crippen LogP contribution is 2.18. The van der Waals surface area contributed by atoms with Crippen LogP contribution in [-0.4, -0.2) is 28.4 Å². The molecule has 4 nitrogen and oxygen atoms in total. The van der Waals surface area contributed by atoms with Crippen LogP contribution in [0.3, 0.4) is 0 Å². The van der Waals surface area contributed by atoms with E-state index in [1.54, 1.807) is 6.20 Å². The van der Waals surface area contributed by atoms with Gasteiger partial charge < -0.3 is 10.2 Å². The van der Waals surface area contributed by atoms with E-state index in [4.69, 9.17) is 0 Å². The summed E-state index contributed by atoms with van der Waals surface area (Å²) in [6.45, 7) is 4.02. The summed E-state index contributed by atoms with van der Waals surface area (Å²) in [6.07, 6.45) is 2.52. The average Bonchev–Trinajstić information content (AvgIpc) is 2.59. The van der Waals surface area contributed by atoms with Crippen LogP contribution in [0.25, 0.3) is 0 Å². The maximum absolute atomic E-state index is 12.8. The SMILES string of the molecule is CCN(Cc1ccccn1)C(=O)C1Cc2ccccc2CN1. The molecule has 4 heteroatoms. The predicted molar refractivity (Wildman–Crippen MR) is 86.1 cm³/mol. The number of fused-ring (bicyclic) bond motifs is 1. The van der Waals surface area contributed by atoms with Gasteiger partial charge in [-0.1, -0.05) is 30.3 Å². The molecule has 1 aliphatic heterocycles. The van der Waals surface area contributed by atoms with Gasteiger partial charge in [-0.3, -0.25) is 9.78 Å². The van der Waals surface area contributed by atoms with Gasteiger partial charge in [-0.15, -0.1) is 0 Å². The number of amides is 1. The highest BCUT2D eigenvalue weighted by atomic mass is 16.2.